The van der Waals surface area contributed by atoms with E-state index in [1.807, 2.05) is 42.5 Å². The van der Waals surface area contributed by atoms with Gasteiger partial charge in [-0.3, -0.25) is 4.98 Å². The van der Waals surface area contributed by atoms with Crippen molar-refractivity contribution < 1.29 is 14.6 Å². The Morgan fingerprint density at radius 2 is 1.90 bits per heavy atom. The van der Waals surface area contributed by atoms with Crippen LogP contribution in [0.25, 0.3) is 22.0 Å². The summed E-state index contributed by atoms with van der Waals surface area (Å²) in [7, 11) is 1.46. The van der Waals surface area contributed by atoms with Crippen molar-refractivity contribution >= 4 is 16.9 Å². The van der Waals surface area contributed by atoms with Crippen LogP contribution >= 0.6 is 0 Å². The lowest BCUT2D eigenvalue weighted by atomic mass is 9.97. The van der Waals surface area contributed by atoms with Crippen molar-refractivity contribution in [2.75, 3.05) is 7.11 Å². The van der Waals surface area contributed by atoms with Crippen molar-refractivity contribution in [3.8, 4) is 16.9 Å². The monoisotopic (exact) mass is 279 g/mol. The molecule has 3 rings (SSSR count). The summed E-state index contributed by atoms with van der Waals surface area (Å²) in [6.07, 6.45) is 1.63. The Hall–Kier alpha value is -2.88. The normalized spacial score (nSPS) is 10.5. The molecule has 0 amide bonds. The van der Waals surface area contributed by atoms with Gasteiger partial charge in [0.25, 0.3) is 0 Å². The van der Waals surface area contributed by atoms with Gasteiger partial charge in [0.15, 0.2) is 5.75 Å². The Labute approximate surface area is 121 Å². The molecular weight excluding hydrogens is 266 g/mol. The lowest BCUT2D eigenvalue weighted by Gasteiger charge is -2.13. The molecule has 0 atom stereocenters. The second-order valence-electron chi connectivity index (χ2n) is 4.58. The van der Waals surface area contributed by atoms with Gasteiger partial charge in [-0.25, -0.2) is 4.79 Å². The lowest BCUT2D eigenvalue weighted by Crippen LogP contribution is -2.03. The third-order valence-electron chi connectivity index (χ3n) is 3.37. The lowest BCUT2D eigenvalue weighted by molar-refractivity contribution is 0.0693. The van der Waals surface area contributed by atoms with Gasteiger partial charge < -0.3 is 9.84 Å². The average Bonchev–Trinajstić information content (AvgIpc) is 2.54. The van der Waals surface area contributed by atoms with E-state index in [-0.39, 0.29) is 11.3 Å². The number of hydrogen-bond donors (Lipinski definition) is 1. The molecule has 0 aliphatic rings. The molecule has 0 spiro atoms. The van der Waals surface area contributed by atoms with Gasteiger partial charge in [0, 0.05) is 11.6 Å². The highest BCUT2D eigenvalue weighted by atomic mass is 16.5. The summed E-state index contributed by atoms with van der Waals surface area (Å²) in [5, 5.41) is 10.3. The molecule has 0 saturated heterocycles. The molecule has 3 aromatic rings. The van der Waals surface area contributed by atoms with Crippen LogP contribution in [0.4, 0.5) is 0 Å². The number of hydrogen-bond acceptors (Lipinski definition) is 3. The van der Waals surface area contributed by atoms with Gasteiger partial charge in [0.1, 0.15) is 11.1 Å². The van der Waals surface area contributed by atoms with Crippen molar-refractivity contribution in [3.05, 3.63) is 60.3 Å². The molecule has 2 aromatic carbocycles. The Bertz CT molecular complexity index is 813. The van der Waals surface area contributed by atoms with Crippen molar-refractivity contribution in [2.45, 2.75) is 0 Å². The first-order chi connectivity index (χ1) is 10.2. The second-order valence-corrected chi connectivity index (χ2v) is 4.58. The quantitative estimate of drug-likeness (QED) is 0.795. The summed E-state index contributed by atoms with van der Waals surface area (Å²) in [4.78, 5) is 15.8. The zero-order valence-corrected chi connectivity index (χ0v) is 11.4. The van der Waals surface area contributed by atoms with Crippen molar-refractivity contribution in [1.29, 1.82) is 0 Å². The highest BCUT2D eigenvalue weighted by Gasteiger charge is 2.19. The highest BCUT2D eigenvalue weighted by molar-refractivity contribution is 6.05. The van der Waals surface area contributed by atoms with E-state index in [0.717, 1.165) is 16.5 Å². The fraction of sp³-hybridized carbons (Fsp3) is 0.0588. The van der Waals surface area contributed by atoms with Gasteiger partial charge in [-0.2, -0.15) is 0 Å². The van der Waals surface area contributed by atoms with Crippen LogP contribution in [-0.2, 0) is 0 Å². The van der Waals surface area contributed by atoms with E-state index < -0.39 is 5.97 Å². The molecule has 0 radical (unpaired) electrons. The van der Waals surface area contributed by atoms with E-state index in [2.05, 4.69) is 4.98 Å². The van der Waals surface area contributed by atoms with Crippen LogP contribution in [-0.4, -0.2) is 23.2 Å². The molecule has 0 aliphatic heterocycles. The number of carboxylic acid groups (broad SMARTS) is 1. The minimum absolute atomic E-state index is 0.113. The van der Waals surface area contributed by atoms with Crippen LogP contribution < -0.4 is 4.74 Å². The largest absolute Gasteiger partial charge is 0.494 e. The number of carbonyl (C=O) groups is 1. The van der Waals surface area contributed by atoms with Gasteiger partial charge in [0.2, 0.25) is 0 Å². The highest BCUT2D eigenvalue weighted by Crippen LogP contribution is 2.36. The van der Waals surface area contributed by atoms with E-state index in [9.17, 15) is 9.90 Å². The van der Waals surface area contributed by atoms with Crippen LogP contribution in [0.2, 0.25) is 0 Å². The first-order valence-corrected chi connectivity index (χ1v) is 6.47. The molecule has 4 nitrogen and oxygen atoms in total. The van der Waals surface area contributed by atoms with Crippen LogP contribution in [0.3, 0.4) is 0 Å². The van der Waals surface area contributed by atoms with Crippen molar-refractivity contribution in [2.24, 2.45) is 0 Å². The van der Waals surface area contributed by atoms with Gasteiger partial charge in [-0.05, 0) is 23.3 Å². The Balaban J connectivity index is 2.42. The summed E-state index contributed by atoms with van der Waals surface area (Å²) >= 11 is 0. The predicted molar refractivity (Wildman–Crippen MR) is 80.7 cm³/mol. The maximum absolute atomic E-state index is 11.5. The molecule has 0 aliphatic carbocycles. The summed E-state index contributed by atoms with van der Waals surface area (Å²) in [5.74, 6) is -0.741. The fourth-order valence-corrected chi connectivity index (χ4v) is 2.44. The Kier molecular flexibility index (Phi) is 3.28. The minimum Gasteiger partial charge on any atom is -0.494 e. The smallest absolute Gasteiger partial charge is 0.339 e. The van der Waals surface area contributed by atoms with E-state index in [1.54, 1.807) is 12.3 Å². The van der Waals surface area contributed by atoms with Crippen molar-refractivity contribution in [3.63, 3.8) is 0 Å². The summed E-state index contributed by atoms with van der Waals surface area (Å²) < 4.78 is 5.27. The molecular formula is C17H13NO3. The van der Waals surface area contributed by atoms with Crippen LogP contribution in [0, 0.1) is 0 Å². The zero-order valence-electron chi connectivity index (χ0n) is 11.4. The molecule has 1 aromatic heterocycles. The van der Waals surface area contributed by atoms with Crippen LogP contribution in [0.1, 0.15) is 10.4 Å². The van der Waals surface area contributed by atoms with Crippen LogP contribution in [0.5, 0.6) is 5.75 Å². The number of fused-ring (bicyclic) bond motifs is 1. The van der Waals surface area contributed by atoms with Gasteiger partial charge in [0.05, 0.1) is 7.11 Å². The number of nitrogens with zero attached hydrogens (tertiary/aromatic N) is 1. The molecule has 1 heterocycles. The number of rotatable bonds is 3. The van der Waals surface area contributed by atoms with E-state index in [4.69, 9.17) is 4.74 Å². The third-order valence-corrected chi connectivity index (χ3v) is 3.37. The number of methoxy groups -OCH3 is 1. The summed E-state index contributed by atoms with van der Waals surface area (Å²) in [5.41, 5.74) is 2.44. The number of aromatic nitrogens is 1. The molecule has 21 heavy (non-hydrogen) atoms. The number of aromatic carboxylic acids is 1. The van der Waals surface area contributed by atoms with E-state index in [1.165, 1.54) is 7.11 Å². The molecule has 4 heteroatoms. The zero-order chi connectivity index (χ0) is 14.8. The third kappa shape index (κ3) is 2.21. The molecule has 0 saturated carbocycles. The molecule has 1 N–H and O–H groups in total. The fourth-order valence-electron chi connectivity index (χ4n) is 2.44. The maximum Gasteiger partial charge on any atom is 0.339 e. The summed E-state index contributed by atoms with van der Waals surface area (Å²) in [6, 6.07) is 15.0. The predicted octanol–water partition coefficient (Wildman–Crippen LogP) is 3.61. The molecule has 104 valence electrons. The summed E-state index contributed by atoms with van der Waals surface area (Å²) in [6.45, 7) is 0. The van der Waals surface area contributed by atoms with Crippen LogP contribution in [0.15, 0.2) is 54.7 Å². The average molecular weight is 279 g/mol. The number of ether oxygens (including phenoxy) is 1. The van der Waals surface area contributed by atoms with Gasteiger partial charge in [-0.15, -0.1) is 0 Å². The maximum atomic E-state index is 11.5. The second kappa shape index (κ2) is 5.25. The SMILES string of the molecule is COc1c(C(=O)O)cc(-c2ccccc2)c2cccnc12. The standard InChI is InChI=1S/C17H13NO3/c1-21-16-14(17(19)20)10-13(11-6-3-2-4-7-11)12-8-5-9-18-15(12)16/h2-10H,1H3,(H,19,20). The number of carboxylic acids is 1. The number of benzene rings is 2. The van der Waals surface area contributed by atoms with E-state index >= 15 is 0 Å². The molecule has 0 unspecified atom stereocenters. The Morgan fingerprint density at radius 1 is 1.14 bits per heavy atom. The first kappa shape index (κ1) is 13.1. The Morgan fingerprint density at radius 3 is 2.57 bits per heavy atom. The molecule has 0 bridgehead atoms. The topological polar surface area (TPSA) is 59.4 Å². The van der Waals surface area contributed by atoms with Gasteiger partial charge >= 0.3 is 5.97 Å². The van der Waals surface area contributed by atoms with Gasteiger partial charge in [-0.1, -0.05) is 36.4 Å². The first-order valence-electron chi connectivity index (χ1n) is 6.47. The molecule has 0 fully saturated rings. The minimum atomic E-state index is -1.03. The number of pyridine rings is 1. The van der Waals surface area contributed by atoms with Crippen molar-refractivity contribution in [1.82, 2.24) is 4.98 Å². The van der Waals surface area contributed by atoms with E-state index in [0.29, 0.717) is 5.52 Å².